The molecule has 1 aromatic heterocycles. The molecule has 4 nitrogen and oxygen atoms in total. The maximum Gasteiger partial charge on any atom is 0.257 e. The van der Waals surface area contributed by atoms with Gasteiger partial charge >= 0.3 is 0 Å². The predicted octanol–water partition coefficient (Wildman–Crippen LogP) is 3.55. The van der Waals surface area contributed by atoms with E-state index in [0.29, 0.717) is 16.6 Å². The molecule has 0 aliphatic carbocycles. The standard InChI is InChI=1S/C15H19N3OS/c1-4-13-17-18-15(20-13)16-14(19)12-7-5-11(6-8-12)9-10(2)3/h5-8,10H,4,9H2,1-3H3,(H,16,18,19). The van der Waals surface area contributed by atoms with Crippen LogP contribution in [-0.4, -0.2) is 16.1 Å². The largest absolute Gasteiger partial charge is 0.296 e. The Morgan fingerprint density at radius 2 is 1.95 bits per heavy atom. The van der Waals surface area contributed by atoms with Crippen molar-refractivity contribution in [3.8, 4) is 0 Å². The number of aryl methyl sites for hydroxylation is 1. The van der Waals surface area contributed by atoms with Gasteiger partial charge in [0.1, 0.15) is 5.01 Å². The number of aromatic nitrogens is 2. The van der Waals surface area contributed by atoms with E-state index in [-0.39, 0.29) is 5.91 Å². The van der Waals surface area contributed by atoms with Crippen LogP contribution < -0.4 is 5.32 Å². The van der Waals surface area contributed by atoms with Crippen LogP contribution in [0.4, 0.5) is 5.13 Å². The lowest BCUT2D eigenvalue weighted by molar-refractivity contribution is 0.102. The number of benzene rings is 1. The fourth-order valence-electron chi connectivity index (χ4n) is 1.88. The van der Waals surface area contributed by atoms with Gasteiger partial charge in [-0.05, 0) is 36.5 Å². The fraction of sp³-hybridized carbons (Fsp3) is 0.400. The van der Waals surface area contributed by atoms with Crippen LogP contribution in [0.25, 0.3) is 0 Å². The number of carbonyl (C=O) groups is 1. The second kappa shape index (κ2) is 6.61. The summed E-state index contributed by atoms with van der Waals surface area (Å²) in [5.74, 6) is 0.475. The monoisotopic (exact) mass is 289 g/mol. The van der Waals surface area contributed by atoms with E-state index in [0.717, 1.165) is 17.8 Å². The Morgan fingerprint density at radius 1 is 1.25 bits per heavy atom. The predicted molar refractivity (Wildman–Crippen MR) is 82.2 cm³/mol. The van der Waals surface area contributed by atoms with Crippen molar-refractivity contribution in [3.05, 3.63) is 40.4 Å². The van der Waals surface area contributed by atoms with Crippen LogP contribution in [0.2, 0.25) is 0 Å². The van der Waals surface area contributed by atoms with Gasteiger partial charge in [0.05, 0.1) is 0 Å². The van der Waals surface area contributed by atoms with E-state index in [1.165, 1.54) is 16.9 Å². The smallest absolute Gasteiger partial charge is 0.257 e. The number of nitrogens with one attached hydrogen (secondary N) is 1. The molecule has 0 bridgehead atoms. The molecule has 0 fully saturated rings. The zero-order valence-corrected chi connectivity index (χ0v) is 12.8. The van der Waals surface area contributed by atoms with Gasteiger partial charge in [-0.3, -0.25) is 10.1 Å². The van der Waals surface area contributed by atoms with Gasteiger partial charge < -0.3 is 0 Å². The second-order valence-corrected chi connectivity index (χ2v) is 6.17. The Balaban J connectivity index is 2.01. The fourth-order valence-corrected chi connectivity index (χ4v) is 2.55. The summed E-state index contributed by atoms with van der Waals surface area (Å²) in [6, 6.07) is 7.72. The molecule has 0 aliphatic rings. The van der Waals surface area contributed by atoms with Gasteiger partial charge in [-0.2, -0.15) is 0 Å². The highest BCUT2D eigenvalue weighted by molar-refractivity contribution is 7.15. The molecule has 106 valence electrons. The summed E-state index contributed by atoms with van der Waals surface area (Å²) in [6.45, 7) is 6.38. The number of amides is 1. The zero-order chi connectivity index (χ0) is 14.5. The van der Waals surface area contributed by atoms with E-state index in [2.05, 4.69) is 29.4 Å². The number of hydrogen-bond acceptors (Lipinski definition) is 4. The van der Waals surface area contributed by atoms with Crippen LogP contribution in [0.3, 0.4) is 0 Å². The van der Waals surface area contributed by atoms with Gasteiger partial charge in [-0.1, -0.05) is 44.2 Å². The van der Waals surface area contributed by atoms with E-state index in [1.54, 1.807) is 0 Å². The first-order valence-corrected chi connectivity index (χ1v) is 7.62. The molecule has 0 atom stereocenters. The molecular weight excluding hydrogens is 270 g/mol. The Hall–Kier alpha value is -1.75. The molecule has 0 radical (unpaired) electrons. The van der Waals surface area contributed by atoms with Crippen LogP contribution >= 0.6 is 11.3 Å². The van der Waals surface area contributed by atoms with E-state index in [4.69, 9.17) is 0 Å². The summed E-state index contributed by atoms with van der Waals surface area (Å²) in [7, 11) is 0. The average Bonchev–Trinajstić information content (AvgIpc) is 2.86. The third-order valence-electron chi connectivity index (χ3n) is 2.85. The molecule has 1 amide bonds. The maximum atomic E-state index is 12.1. The molecule has 5 heteroatoms. The molecule has 0 unspecified atom stereocenters. The molecule has 2 rings (SSSR count). The summed E-state index contributed by atoms with van der Waals surface area (Å²) in [6.07, 6.45) is 1.86. The SMILES string of the molecule is CCc1nnc(NC(=O)c2ccc(CC(C)C)cc2)s1. The van der Waals surface area contributed by atoms with Gasteiger partial charge in [-0.15, -0.1) is 10.2 Å². The summed E-state index contributed by atoms with van der Waals surface area (Å²) < 4.78 is 0. The minimum absolute atomic E-state index is 0.139. The molecule has 20 heavy (non-hydrogen) atoms. The Labute approximate surface area is 123 Å². The first-order chi connectivity index (χ1) is 9.58. The number of carbonyl (C=O) groups excluding carboxylic acids is 1. The lowest BCUT2D eigenvalue weighted by Gasteiger charge is -2.06. The summed E-state index contributed by atoms with van der Waals surface area (Å²) in [4.78, 5) is 12.1. The molecule has 1 heterocycles. The van der Waals surface area contributed by atoms with Gasteiger partial charge in [0, 0.05) is 5.56 Å². The third kappa shape index (κ3) is 3.87. The first-order valence-electron chi connectivity index (χ1n) is 6.81. The molecule has 0 saturated heterocycles. The second-order valence-electron chi connectivity index (χ2n) is 5.10. The average molecular weight is 289 g/mol. The number of rotatable bonds is 5. The Bertz CT molecular complexity index is 575. The molecule has 2 aromatic rings. The van der Waals surface area contributed by atoms with Crippen molar-refractivity contribution in [2.24, 2.45) is 5.92 Å². The topological polar surface area (TPSA) is 54.9 Å². The lowest BCUT2D eigenvalue weighted by Crippen LogP contribution is -2.11. The van der Waals surface area contributed by atoms with Crippen LogP contribution in [0.5, 0.6) is 0 Å². The minimum Gasteiger partial charge on any atom is -0.296 e. The van der Waals surface area contributed by atoms with E-state index >= 15 is 0 Å². The molecule has 1 aromatic carbocycles. The van der Waals surface area contributed by atoms with E-state index in [1.807, 2.05) is 31.2 Å². The van der Waals surface area contributed by atoms with Gasteiger partial charge in [0.25, 0.3) is 5.91 Å². The van der Waals surface area contributed by atoms with Crippen molar-refractivity contribution < 1.29 is 4.79 Å². The highest BCUT2D eigenvalue weighted by Gasteiger charge is 2.09. The quantitative estimate of drug-likeness (QED) is 0.915. The van der Waals surface area contributed by atoms with Crippen LogP contribution in [0.15, 0.2) is 24.3 Å². The van der Waals surface area contributed by atoms with Crippen molar-refractivity contribution >= 4 is 22.4 Å². The lowest BCUT2D eigenvalue weighted by atomic mass is 10.0. The highest BCUT2D eigenvalue weighted by atomic mass is 32.1. The normalized spacial score (nSPS) is 10.8. The molecular formula is C15H19N3OS. The Kier molecular flexibility index (Phi) is 4.84. The first kappa shape index (κ1) is 14.7. The summed E-state index contributed by atoms with van der Waals surface area (Å²) in [5.41, 5.74) is 1.89. The minimum atomic E-state index is -0.139. The van der Waals surface area contributed by atoms with Crippen molar-refractivity contribution in [2.45, 2.75) is 33.6 Å². The highest BCUT2D eigenvalue weighted by Crippen LogP contribution is 2.17. The van der Waals surface area contributed by atoms with Crippen molar-refractivity contribution in [1.29, 1.82) is 0 Å². The Morgan fingerprint density at radius 3 is 2.50 bits per heavy atom. The van der Waals surface area contributed by atoms with Crippen LogP contribution in [0, 0.1) is 5.92 Å². The van der Waals surface area contributed by atoms with E-state index in [9.17, 15) is 4.79 Å². The van der Waals surface area contributed by atoms with Crippen molar-refractivity contribution in [3.63, 3.8) is 0 Å². The molecule has 0 saturated carbocycles. The number of hydrogen-bond donors (Lipinski definition) is 1. The number of anilines is 1. The molecule has 0 aliphatic heterocycles. The van der Waals surface area contributed by atoms with Crippen LogP contribution in [0.1, 0.15) is 41.7 Å². The molecule has 0 spiro atoms. The van der Waals surface area contributed by atoms with Crippen molar-refractivity contribution in [1.82, 2.24) is 10.2 Å². The number of nitrogens with zero attached hydrogens (tertiary/aromatic N) is 2. The maximum absolute atomic E-state index is 12.1. The molecule has 1 N–H and O–H groups in total. The zero-order valence-electron chi connectivity index (χ0n) is 12.0. The van der Waals surface area contributed by atoms with Crippen molar-refractivity contribution in [2.75, 3.05) is 5.32 Å². The van der Waals surface area contributed by atoms with Crippen LogP contribution in [-0.2, 0) is 12.8 Å². The van der Waals surface area contributed by atoms with Gasteiger partial charge in [0.15, 0.2) is 0 Å². The van der Waals surface area contributed by atoms with E-state index < -0.39 is 0 Å². The third-order valence-corrected chi connectivity index (χ3v) is 3.83. The summed E-state index contributed by atoms with van der Waals surface area (Å²) in [5, 5.41) is 12.2. The summed E-state index contributed by atoms with van der Waals surface area (Å²) >= 11 is 1.41. The van der Waals surface area contributed by atoms with Gasteiger partial charge in [-0.25, -0.2) is 0 Å². The van der Waals surface area contributed by atoms with Gasteiger partial charge in [0.2, 0.25) is 5.13 Å².